The molecular weight excluding hydrogens is 388 g/mol. The van der Waals surface area contributed by atoms with Gasteiger partial charge in [0.2, 0.25) is 0 Å². The van der Waals surface area contributed by atoms with Gasteiger partial charge in [0.25, 0.3) is 10.1 Å². The Bertz CT molecular complexity index is 644. The van der Waals surface area contributed by atoms with Crippen LogP contribution in [0.4, 0.5) is 0 Å². The molecule has 0 bridgehead atoms. The second-order valence-corrected chi connectivity index (χ2v) is 7.38. The zero-order chi connectivity index (χ0) is 20.8. The van der Waals surface area contributed by atoms with Crippen molar-refractivity contribution in [2.24, 2.45) is 0 Å². The highest BCUT2D eigenvalue weighted by Gasteiger charge is 2.53. The van der Waals surface area contributed by atoms with Crippen LogP contribution in [0.5, 0.6) is 0 Å². The molecule has 0 radical (unpaired) electrons. The molecule has 1 N–H and O–H groups in total. The maximum atomic E-state index is 11.5. The van der Waals surface area contributed by atoms with E-state index in [2.05, 4.69) is 0 Å². The molecular formula is C15H24O11S. The second-order valence-electron chi connectivity index (χ2n) is 5.88. The van der Waals surface area contributed by atoms with Crippen molar-refractivity contribution in [2.45, 2.75) is 64.8 Å². The molecule has 1 aliphatic heterocycles. The van der Waals surface area contributed by atoms with Gasteiger partial charge >= 0.3 is 17.9 Å². The minimum absolute atomic E-state index is 0.159. The lowest BCUT2D eigenvalue weighted by Gasteiger charge is -2.44. The summed E-state index contributed by atoms with van der Waals surface area (Å²) in [6.45, 7) is 5.18. The molecule has 5 atom stereocenters. The number of carbonyl (C=O) groups is 3. The molecule has 1 rings (SSSR count). The predicted octanol–water partition coefficient (Wildman–Crippen LogP) is -0.179. The Morgan fingerprint density at radius 2 is 1.41 bits per heavy atom. The standard InChI is InChI=1S/C15H24O11S/c1-5-6-22-15-14(25-10(4)18)13(24-9(3)17)12(23-8(2)16)11(26-15)7-27(19,20)21/h11-15H,5-7H2,1-4H3,(H,19,20,21)/t11-,12+,13+,14-,15+/m0/s1. The van der Waals surface area contributed by atoms with Crippen molar-refractivity contribution < 1.29 is 51.0 Å². The van der Waals surface area contributed by atoms with E-state index in [0.29, 0.717) is 6.42 Å². The first kappa shape index (κ1) is 23.3. The summed E-state index contributed by atoms with van der Waals surface area (Å²) in [7, 11) is -4.55. The highest BCUT2D eigenvalue weighted by Crippen LogP contribution is 2.30. The zero-order valence-electron chi connectivity index (χ0n) is 15.4. The Morgan fingerprint density at radius 1 is 0.926 bits per heavy atom. The molecule has 0 amide bonds. The molecule has 1 aliphatic rings. The van der Waals surface area contributed by atoms with E-state index in [4.69, 9.17) is 23.7 Å². The Balaban J connectivity index is 3.33. The normalized spacial score (nSPS) is 28.3. The first-order chi connectivity index (χ1) is 12.4. The lowest BCUT2D eigenvalue weighted by atomic mass is 9.98. The van der Waals surface area contributed by atoms with Gasteiger partial charge in [-0.05, 0) is 6.42 Å². The number of esters is 3. The van der Waals surface area contributed by atoms with Crippen LogP contribution in [0.15, 0.2) is 0 Å². The van der Waals surface area contributed by atoms with Crippen LogP contribution < -0.4 is 0 Å². The third-order valence-electron chi connectivity index (χ3n) is 3.36. The molecule has 0 aromatic heterocycles. The summed E-state index contributed by atoms with van der Waals surface area (Å²) < 4.78 is 58.1. The molecule has 11 nitrogen and oxygen atoms in total. The highest BCUT2D eigenvalue weighted by atomic mass is 32.2. The molecule has 1 saturated heterocycles. The Labute approximate surface area is 157 Å². The molecule has 156 valence electrons. The molecule has 0 aliphatic carbocycles. The van der Waals surface area contributed by atoms with E-state index in [1.807, 2.05) is 0 Å². The maximum absolute atomic E-state index is 11.5. The van der Waals surface area contributed by atoms with Crippen molar-refractivity contribution >= 4 is 28.0 Å². The van der Waals surface area contributed by atoms with Crippen LogP contribution in [0.3, 0.4) is 0 Å². The van der Waals surface area contributed by atoms with Gasteiger partial charge in [-0.3, -0.25) is 18.9 Å². The first-order valence-corrected chi connectivity index (χ1v) is 9.79. The lowest BCUT2D eigenvalue weighted by Crippen LogP contribution is -2.63. The van der Waals surface area contributed by atoms with Crippen molar-refractivity contribution in [3.63, 3.8) is 0 Å². The minimum Gasteiger partial charge on any atom is -0.456 e. The van der Waals surface area contributed by atoms with Gasteiger partial charge in [0, 0.05) is 27.4 Å². The number of carbonyl (C=O) groups excluding carboxylic acids is 3. The van der Waals surface area contributed by atoms with Crippen LogP contribution in [0, 0.1) is 0 Å². The molecule has 1 heterocycles. The molecule has 0 spiro atoms. The lowest BCUT2D eigenvalue weighted by molar-refractivity contribution is -0.300. The largest absolute Gasteiger partial charge is 0.456 e. The zero-order valence-corrected chi connectivity index (χ0v) is 16.3. The van der Waals surface area contributed by atoms with Crippen LogP contribution in [-0.4, -0.2) is 73.9 Å². The predicted molar refractivity (Wildman–Crippen MR) is 88.0 cm³/mol. The van der Waals surface area contributed by atoms with E-state index in [1.54, 1.807) is 6.92 Å². The van der Waals surface area contributed by atoms with E-state index >= 15 is 0 Å². The van der Waals surface area contributed by atoms with E-state index in [9.17, 15) is 27.4 Å². The quantitative estimate of drug-likeness (QED) is 0.321. The number of rotatable bonds is 8. The molecule has 0 saturated carbocycles. The van der Waals surface area contributed by atoms with Gasteiger partial charge in [0.1, 0.15) is 11.9 Å². The summed E-state index contributed by atoms with van der Waals surface area (Å²) in [5.74, 6) is -3.33. The van der Waals surface area contributed by atoms with Gasteiger partial charge in [0.15, 0.2) is 24.6 Å². The average Bonchev–Trinajstić information content (AvgIpc) is 2.48. The summed E-state index contributed by atoms with van der Waals surface area (Å²) in [6, 6.07) is 0. The SMILES string of the molecule is CCCO[C@@H]1O[C@@H](CS(=O)(=O)O)[C@@H](OC(C)=O)[C@@H](OC(C)=O)[C@@H]1OC(C)=O. The minimum atomic E-state index is -4.55. The van der Waals surface area contributed by atoms with E-state index in [-0.39, 0.29) is 6.61 Å². The number of ether oxygens (including phenoxy) is 5. The molecule has 1 fully saturated rings. The third kappa shape index (κ3) is 7.79. The van der Waals surface area contributed by atoms with Gasteiger partial charge in [-0.1, -0.05) is 6.92 Å². The van der Waals surface area contributed by atoms with Gasteiger partial charge in [-0.2, -0.15) is 8.42 Å². The average molecular weight is 412 g/mol. The van der Waals surface area contributed by atoms with Crippen molar-refractivity contribution in [3.05, 3.63) is 0 Å². The fraction of sp³-hybridized carbons (Fsp3) is 0.800. The van der Waals surface area contributed by atoms with E-state index in [0.717, 1.165) is 20.8 Å². The van der Waals surface area contributed by atoms with Crippen LogP contribution in [0.1, 0.15) is 34.1 Å². The number of hydrogen-bond donors (Lipinski definition) is 1. The van der Waals surface area contributed by atoms with Crippen LogP contribution >= 0.6 is 0 Å². The van der Waals surface area contributed by atoms with Crippen molar-refractivity contribution in [2.75, 3.05) is 12.4 Å². The maximum Gasteiger partial charge on any atom is 0.303 e. The summed E-state index contributed by atoms with van der Waals surface area (Å²) in [4.78, 5) is 34.5. The summed E-state index contributed by atoms with van der Waals surface area (Å²) in [5, 5.41) is 0. The van der Waals surface area contributed by atoms with Crippen LogP contribution in [0.25, 0.3) is 0 Å². The van der Waals surface area contributed by atoms with Gasteiger partial charge in [0.05, 0.1) is 0 Å². The highest BCUT2D eigenvalue weighted by molar-refractivity contribution is 7.85. The molecule has 12 heteroatoms. The first-order valence-electron chi connectivity index (χ1n) is 8.18. The monoisotopic (exact) mass is 412 g/mol. The molecule has 0 unspecified atom stereocenters. The Hall–Kier alpha value is -1.76. The molecule has 27 heavy (non-hydrogen) atoms. The van der Waals surface area contributed by atoms with Crippen molar-refractivity contribution in [3.8, 4) is 0 Å². The third-order valence-corrected chi connectivity index (χ3v) is 4.11. The second kappa shape index (κ2) is 9.97. The van der Waals surface area contributed by atoms with Crippen molar-refractivity contribution in [1.82, 2.24) is 0 Å². The Morgan fingerprint density at radius 3 is 1.85 bits per heavy atom. The Kier molecular flexibility index (Phi) is 8.59. The van der Waals surface area contributed by atoms with Crippen molar-refractivity contribution in [1.29, 1.82) is 0 Å². The van der Waals surface area contributed by atoms with E-state index in [1.165, 1.54) is 0 Å². The van der Waals surface area contributed by atoms with E-state index < -0.39 is 64.5 Å². The topological polar surface area (TPSA) is 152 Å². The van der Waals surface area contributed by atoms with Crippen LogP contribution in [-0.2, 0) is 48.2 Å². The fourth-order valence-electron chi connectivity index (χ4n) is 2.56. The summed E-state index contributed by atoms with van der Waals surface area (Å²) >= 11 is 0. The summed E-state index contributed by atoms with van der Waals surface area (Å²) in [6.07, 6.45) is -6.36. The summed E-state index contributed by atoms with van der Waals surface area (Å²) in [5.41, 5.74) is 0. The molecule has 0 aromatic rings. The number of hydrogen-bond acceptors (Lipinski definition) is 10. The smallest absolute Gasteiger partial charge is 0.303 e. The van der Waals surface area contributed by atoms with Crippen LogP contribution in [0.2, 0.25) is 0 Å². The fourth-order valence-corrected chi connectivity index (χ4v) is 3.25. The molecule has 0 aromatic carbocycles. The van der Waals surface area contributed by atoms with Gasteiger partial charge in [-0.15, -0.1) is 0 Å². The van der Waals surface area contributed by atoms with Gasteiger partial charge in [-0.25, -0.2) is 0 Å². The van der Waals surface area contributed by atoms with Gasteiger partial charge < -0.3 is 23.7 Å².